The number of rotatable bonds is 8. The zero-order valence-corrected chi connectivity index (χ0v) is 82.5. The summed E-state index contributed by atoms with van der Waals surface area (Å²) in [7, 11) is 8.13. The Morgan fingerprint density at radius 2 is 0.570 bits per heavy atom. The summed E-state index contributed by atoms with van der Waals surface area (Å²) in [5, 5.41) is 21.2. The second-order valence-corrected chi connectivity index (χ2v) is 39.1. The minimum absolute atomic E-state index is 0. The molecule has 0 aromatic carbocycles. The number of pyridine rings is 4. The smallest absolute Gasteiger partial charge is 0.425 e. The maximum absolute atomic E-state index is 13.8. The van der Waals surface area contributed by atoms with Gasteiger partial charge >= 0.3 is 24.4 Å². The SMILES string of the molecule is CC(C)(C)OC(=O)N(C(=O)OC(C)(C)C)c1cc(N)ncn1.Cc1cc(Br)c(=O)n2c1C(=O)NC21CCN(C)CC1.Cc1cc(Nc2cc(N(C(=O)OC(C)(C)C)C(=O)OC(C)(C)C)ncn2)c(=O)n2c1C(=O)NC21CCN(C)CC1.Cc1cc(Nc2cc(N)ncn2)c(=O)n2c1C(=O)NC21CCN(C)CC1.Cc1cc(Nc2cc(N)ncn2)c(=O)n2c1C(=O)NC21CCN(C)CC1.Cl.Cl. The number of nitrogen functional groups attached to an aromatic ring is 3. The molecule has 8 aliphatic heterocycles. The van der Waals surface area contributed by atoms with Gasteiger partial charge in [-0.1, -0.05) is 0 Å². The van der Waals surface area contributed by atoms with E-state index in [9.17, 15) is 57.5 Å². The Hall–Kier alpha value is -12.8. The average Bonchev–Trinajstić information content (AvgIpc) is 1.59. The van der Waals surface area contributed by atoms with Crippen LogP contribution in [0.4, 0.5) is 82.8 Å². The van der Waals surface area contributed by atoms with Crippen molar-refractivity contribution in [2.24, 2.45) is 0 Å². The Morgan fingerprint density at radius 3 is 0.822 bits per heavy atom. The van der Waals surface area contributed by atoms with Crippen LogP contribution in [0.5, 0.6) is 0 Å². The molecule has 4 spiro atoms. The maximum atomic E-state index is 13.8. The van der Waals surface area contributed by atoms with E-state index in [-0.39, 0.29) is 99.6 Å². The van der Waals surface area contributed by atoms with Gasteiger partial charge in [0.1, 0.15) is 145 Å². The summed E-state index contributed by atoms with van der Waals surface area (Å²) in [6.45, 7) is 33.9. The zero-order chi connectivity index (χ0) is 97.5. The summed E-state index contributed by atoms with van der Waals surface area (Å²) in [6, 6.07) is 12.4. The topological polar surface area (TPSA) is 546 Å². The number of fused-ring (bicyclic) bond motifs is 8. The van der Waals surface area contributed by atoms with Crippen LogP contribution < -0.4 is 86.5 Å². The van der Waals surface area contributed by atoms with Crippen molar-refractivity contribution in [2.75, 3.05) is 123 Å². The van der Waals surface area contributed by atoms with Gasteiger partial charge in [-0.05, 0) is 201 Å². The van der Waals surface area contributed by atoms with Gasteiger partial charge in [0, 0.05) is 128 Å². The molecule has 8 amide bonds. The molecule has 4 saturated heterocycles. The summed E-state index contributed by atoms with van der Waals surface area (Å²) >= 11 is 3.30. The molecule has 0 atom stereocenters. The quantitative estimate of drug-likeness (QED) is 0.0634. The molecular weight excluding hydrogens is 1860 g/mol. The average molecular weight is 1980 g/mol. The highest BCUT2D eigenvalue weighted by Crippen LogP contribution is 2.40. The molecule has 0 bridgehead atoms. The highest BCUT2D eigenvalue weighted by Gasteiger charge is 2.51. The Balaban J connectivity index is 0.000000178. The monoisotopic (exact) mass is 1970 g/mol. The van der Waals surface area contributed by atoms with Crippen molar-refractivity contribution < 1.29 is 57.3 Å². The fourth-order valence-electron chi connectivity index (χ4n) is 16.7. The van der Waals surface area contributed by atoms with Crippen LogP contribution in [-0.4, -0.2) is 229 Å². The largest absolute Gasteiger partial charge is 0.443 e. The minimum Gasteiger partial charge on any atom is -0.443 e. The third-order valence-electron chi connectivity index (χ3n) is 23.0. The molecule has 8 aromatic heterocycles. The third kappa shape index (κ3) is 23.4. The summed E-state index contributed by atoms with van der Waals surface area (Å²) in [5.41, 5.74) is 15.5. The van der Waals surface area contributed by atoms with Crippen LogP contribution in [0.25, 0.3) is 0 Å². The first-order valence-corrected chi connectivity index (χ1v) is 44.1. The second-order valence-electron chi connectivity index (χ2n) is 38.2. The van der Waals surface area contributed by atoms with Gasteiger partial charge in [0.05, 0.1) is 4.47 Å². The first-order chi connectivity index (χ1) is 62.1. The number of nitrogens with zero attached hydrogens (tertiary/aromatic N) is 18. The van der Waals surface area contributed by atoms with E-state index in [2.05, 4.69) is 120 Å². The molecule has 8 aromatic rings. The number of anilines is 11. The van der Waals surface area contributed by atoms with Gasteiger partial charge in [0.25, 0.3) is 45.9 Å². The van der Waals surface area contributed by atoms with Gasteiger partial charge in [-0.2, -0.15) is 9.80 Å². The molecule has 728 valence electrons. The standard InChI is InChI=1S/C27H37N7O6.2C17H21N7O2.C14H22N4O4.C13H16BrN3O2.2ClH/c1-16-13-17(22(36)34-20(16)21(35)31-27(34)9-11-32(8)12-10-27)30-18-14-19(29-15-28-18)33(23(37)39-25(2,3)4)24(38)40-26(5,6)7;2*1-10-7-11(21-13-8-12(18)19-9-20-13)16(26)24-14(10)15(25)22-17(24)3-5-23(2)6-4-17;1-13(2,3)21-11(19)18(12(20)22-14(4,5)6)10-7-9(15)16-8-17-10;1-8-7-9(14)12(19)17-10(8)11(18)15-13(17)3-5-16(2)6-4-13;;/h13-15H,9-12H2,1-8H3,(H,31,35)(H,28,29,30);2*7-9H,3-6H2,1-2H3,(H,22,25)(H3,18,19,20,21);7-8H,1-6H3,(H2,15,16,17);7H,3-6H2,1-2H3,(H,15,18);2*1H. The number of aromatic nitrogens is 12. The van der Waals surface area contributed by atoms with Crippen LogP contribution in [0.3, 0.4) is 0 Å². The molecule has 47 heteroatoms. The number of aryl methyl sites for hydroxylation is 4. The number of amides is 8. The Bertz CT molecular complexity index is 5940. The number of imide groups is 2. The van der Waals surface area contributed by atoms with Crippen LogP contribution >= 0.6 is 40.7 Å². The fourth-order valence-corrected chi connectivity index (χ4v) is 17.2. The maximum Gasteiger partial charge on any atom is 0.425 e. The molecule has 4 fully saturated rings. The Labute approximate surface area is 799 Å². The number of ether oxygens (including phenoxy) is 4. The van der Waals surface area contributed by atoms with E-state index in [1.165, 1.54) is 24.8 Å². The molecule has 8 aliphatic rings. The number of nitrogens with one attached hydrogen (secondary N) is 7. The van der Waals surface area contributed by atoms with Crippen molar-refractivity contribution in [3.63, 3.8) is 0 Å². The van der Waals surface area contributed by atoms with Gasteiger partial charge in [0.2, 0.25) is 0 Å². The van der Waals surface area contributed by atoms with E-state index in [0.717, 1.165) is 94.5 Å². The van der Waals surface area contributed by atoms with Crippen LogP contribution in [0.15, 0.2) is 97.5 Å². The van der Waals surface area contributed by atoms with Crippen LogP contribution in [0.1, 0.15) is 199 Å². The van der Waals surface area contributed by atoms with Crippen molar-refractivity contribution in [1.82, 2.24) is 99.0 Å². The van der Waals surface area contributed by atoms with E-state index in [1.54, 1.807) is 145 Å². The van der Waals surface area contributed by atoms with Gasteiger partial charge < -0.3 is 93.0 Å². The number of likely N-dealkylation sites (tertiary alicyclic amines) is 4. The van der Waals surface area contributed by atoms with E-state index in [0.29, 0.717) is 116 Å². The molecule has 0 saturated carbocycles. The molecule has 0 unspecified atom stereocenters. The van der Waals surface area contributed by atoms with Crippen LogP contribution in [0, 0.1) is 27.7 Å². The van der Waals surface area contributed by atoms with Gasteiger partial charge in [-0.15, -0.1) is 24.8 Å². The third-order valence-corrected chi connectivity index (χ3v) is 23.6. The number of halogens is 3. The number of hydrogen-bond donors (Lipinski definition) is 10. The lowest BCUT2D eigenvalue weighted by atomic mass is 9.97. The van der Waals surface area contributed by atoms with E-state index < -0.39 is 69.4 Å². The van der Waals surface area contributed by atoms with Crippen LogP contribution in [-0.2, 0) is 41.6 Å². The molecule has 135 heavy (non-hydrogen) atoms. The van der Waals surface area contributed by atoms with Gasteiger partial charge in [0.15, 0.2) is 11.6 Å². The number of nitrogens with two attached hydrogens (primary N) is 3. The first kappa shape index (κ1) is 104. The molecular formula is C88H119BrCl2N28O16. The van der Waals surface area contributed by atoms with Crippen molar-refractivity contribution >= 4 is 152 Å². The number of piperidine rings is 4. The summed E-state index contributed by atoms with van der Waals surface area (Å²) in [4.78, 5) is 195. The Morgan fingerprint density at radius 1 is 0.348 bits per heavy atom. The van der Waals surface area contributed by atoms with E-state index >= 15 is 0 Å². The normalized spacial score (nSPS) is 17.1. The van der Waals surface area contributed by atoms with Gasteiger partial charge in [-0.25, -0.2) is 59.0 Å². The molecule has 13 N–H and O–H groups in total. The first-order valence-electron chi connectivity index (χ1n) is 43.3. The van der Waals surface area contributed by atoms with E-state index in [1.807, 2.05) is 41.9 Å². The van der Waals surface area contributed by atoms with Crippen molar-refractivity contribution in [2.45, 2.75) is 207 Å². The summed E-state index contributed by atoms with van der Waals surface area (Å²) in [6.07, 6.45) is 6.64. The molecule has 0 radical (unpaired) electrons. The highest BCUT2D eigenvalue weighted by molar-refractivity contribution is 9.10. The predicted molar refractivity (Wildman–Crippen MR) is 514 cm³/mol. The lowest BCUT2D eigenvalue weighted by Gasteiger charge is -2.39. The zero-order valence-electron chi connectivity index (χ0n) is 79.3. The number of hydrogen-bond acceptors (Lipinski definition) is 34. The highest BCUT2D eigenvalue weighted by atomic mass is 79.9. The predicted octanol–water partition coefficient (Wildman–Crippen LogP) is 8.90. The summed E-state index contributed by atoms with van der Waals surface area (Å²) < 4.78 is 28.3. The molecule has 44 nitrogen and oxygen atoms in total. The Kier molecular flexibility index (Phi) is 31.2. The lowest BCUT2D eigenvalue weighted by molar-refractivity contribution is 0.0406. The van der Waals surface area contributed by atoms with Crippen molar-refractivity contribution in [1.29, 1.82) is 0 Å². The molecule has 16 rings (SSSR count). The van der Waals surface area contributed by atoms with Gasteiger partial charge in [-0.3, -0.25) is 56.6 Å². The van der Waals surface area contributed by atoms with E-state index in [4.69, 9.17) is 36.1 Å². The molecule has 16 heterocycles. The number of carbonyl (C=O) groups excluding carboxylic acids is 8. The van der Waals surface area contributed by atoms with Crippen LogP contribution in [0.2, 0.25) is 0 Å². The fraction of sp³-hybridized carbons (Fsp3) is 0.500. The lowest BCUT2D eigenvalue weighted by Crippen LogP contribution is -2.53. The molecule has 0 aliphatic carbocycles. The van der Waals surface area contributed by atoms with Crippen molar-refractivity contribution in [3.8, 4) is 0 Å². The summed E-state index contributed by atoms with van der Waals surface area (Å²) in [5.74, 6) is 0.826. The second kappa shape index (κ2) is 40.4. The number of carbonyl (C=O) groups is 8. The van der Waals surface area contributed by atoms with Crippen molar-refractivity contribution in [3.05, 3.63) is 165 Å². The minimum atomic E-state index is -0.978.